The summed E-state index contributed by atoms with van der Waals surface area (Å²) in [6, 6.07) is 15.5. The molecule has 0 aliphatic heterocycles. The molecule has 0 fully saturated rings. The van der Waals surface area contributed by atoms with Crippen molar-refractivity contribution in [1.29, 1.82) is 0 Å². The second-order valence-electron chi connectivity index (χ2n) is 7.99. The van der Waals surface area contributed by atoms with Crippen LogP contribution in [-0.4, -0.2) is 30.1 Å². The summed E-state index contributed by atoms with van der Waals surface area (Å²) in [7, 11) is 0. The summed E-state index contributed by atoms with van der Waals surface area (Å²) >= 11 is 1.39. The van der Waals surface area contributed by atoms with E-state index in [4.69, 9.17) is 0 Å². The number of benzene rings is 2. The summed E-state index contributed by atoms with van der Waals surface area (Å²) < 4.78 is 4.10. The van der Waals surface area contributed by atoms with Crippen molar-refractivity contribution >= 4 is 38.4 Å². The van der Waals surface area contributed by atoms with Gasteiger partial charge in [-0.05, 0) is 26.0 Å². The van der Waals surface area contributed by atoms with Gasteiger partial charge in [0, 0.05) is 23.4 Å². The van der Waals surface area contributed by atoms with Gasteiger partial charge in [-0.3, -0.25) is 9.59 Å². The quantitative estimate of drug-likeness (QED) is 0.376. The highest BCUT2D eigenvalue weighted by atomic mass is 32.1. The molecule has 2 aromatic carbocycles. The number of allylic oxidation sites excluding steroid dienone is 1. The fourth-order valence-corrected chi connectivity index (χ4v) is 4.72. The normalized spacial score (nSPS) is 11.2. The topological polar surface area (TPSA) is 94.2 Å². The maximum atomic E-state index is 13.4. The molecule has 3 heterocycles. The number of para-hydroxylation sites is 1. The van der Waals surface area contributed by atoms with E-state index in [1.807, 2.05) is 66.9 Å². The van der Waals surface area contributed by atoms with Crippen LogP contribution in [-0.2, 0) is 17.8 Å². The van der Waals surface area contributed by atoms with Crippen molar-refractivity contribution in [2.45, 2.75) is 26.8 Å². The Morgan fingerprint density at radius 2 is 1.88 bits per heavy atom. The summed E-state index contributed by atoms with van der Waals surface area (Å²) in [5.41, 5.74) is 3.40. The summed E-state index contributed by atoms with van der Waals surface area (Å²) in [4.78, 5) is 35.3. The second kappa shape index (κ2) is 8.68. The van der Waals surface area contributed by atoms with Gasteiger partial charge >= 0.3 is 0 Å². The fourth-order valence-electron chi connectivity index (χ4n) is 3.84. The molecule has 5 aromatic rings. The first-order valence-electron chi connectivity index (χ1n) is 10.8. The van der Waals surface area contributed by atoms with Crippen LogP contribution in [0.2, 0.25) is 0 Å². The number of rotatable bonds is 6. The molecular weight excluding hydrogens is 448 g/mol. The molecule has 0 saturated heterocycles. The Hall–Kier alpha value is -4.11. The van der Waals surface area contributed by atoms with Crippen molar-refractivity contribution in [2.75, 3.05) is 5.32 Å². The lowest BCUT2D eigenvalue weighted by Gasteiger charge is -2.13. The van der Waals surface area contributed by atoms with Gasteiger partial charge in [0.25, 0.3) is 5.56 Å². The van der Waals surface area contributed by atoms with Crippen molar-refractivity contribution in [1.82, 2.24) is 24.1 Å². The Bertz CT molecular complexity index is 1580. The van der Waals surface area contributed by atoms with Gasteiger partial charge in [-0.2, -0.15) is 9.50 Å². The van der Waals surface area contributed by atoms with Crippen LogP contribution in [0.25, 0.3) is 27.4 Å². The van der Waals surface area contributed by atoms with Gasteiger partial charge in [-0.1, -0.05) is 59.4 Å². The second-order valence-corrected chi connectivity index (χ2v) is 9.02. The van der Waals surface area contributed by atoms with E-state index in [-0.39, 0.29) is 17.9 Å². The van der Waals surface area contributed by atoms with Gasteiger partial charge < -0.3 is 9.88 Å². The van der Waals surface area contributed by atoms with Crippen molar-refractivity contribution < 1.29 is 4.79 Å². The van der Waals surface area contributed by atoms with Crippen molar-refractivity contribution in [3.05, 3.63) is 88.4 Å². The Morgan fingerprint density at radius 3 is 2.62 bits per heavy atom. The summed E-state index contributed by atoms with van der Waals surface area (Å²) in [5, 5.41) is 7.80. The molecule has 0 atom stereocenters. The smallest absolute Gasteiger partial charge is 0.279 e. The first-order valence-corrected chi connectivity index (χ1v) is 11.6. The van der Waals surface area contributed by atoms with E-state index in [0.29, 0.717) is 34.5 Å². The maximum Gasteiger partial charge on any atom is 0.279 e. The number of anilines is 1. The average molecular weight is 471 g/mol. The molecule has 8 nitrogen and oxygen atoms in total. The lowest BCUT2D eigenvalue weighted by atomic mass is 10.1. The molecule has 170 valence electrons. The number of aromatic nitrogens is 5. The predicted molar refractivity (Wildman–Crippen MR) is 134 cm³/mol. The van der Waals surface area contributed by atoms with Gasteiger partial charge in [0.2, 0.25) is 11.7 Å². The molecule has 1 N–H and O–H groups in total. The van der Waals surface area contributed by atoms with E-state index >= 15 is 0 Å². The van der Waals surface area contributed by atoms with Crippen LogP contribution >= 0.6 is 11.3 Å². The monoisotopic (exact) mass is 470 g/mol. The number of nitrogens with one attached hydrogen (secondary N) is 1. The third kappa shape index (κ3) is 3.90. The van der Waals surface area contributed by atoms with Crippen LogP contribution in [0.4, 0.5) is 5.13 Å². The van der Waals surface area contributed by atoms with Crippen molar-refractivity contribution in [2.24, 2.45) is 0 Å². The standard InChI is InChI=1S/C25H22N6O2S/c1-4-13-30-16(3)18(14-21(32)27-24-26-19-7-5-6-8-20(19)34-24)23(33)31-25(30)28-22(29-31)17-11-9-15(2)10-12-17/h4-12H,1,13-14H2,2-3H3,(H,26,27,32). The molecule has 0 aliphatic rings. The minimum atomic E-state index is -0.363. The average Bonchev–Trinajstić information content (AvgIpc) is 3.44. The number of thiazole rings is 1. The lowest BCUT2D eigenvalue weighted by Crippen LogP contribution is -2.29. The summed E-state index contributed by atoms with van der Waals surface area (Å²) in [6.45, 7) is 8.06. The molecule has 0 unspecified atom stereocenters. The van der Waals surface area contributed by atoms with Gasteiger partial charge in [-0.25, -0.2) is 4.98 Å². The molecule has 0 radical (unpaired) electrons. The van der Waals surface area contributed by atoms with Crippen LogP contribution in [0.1, 0.15) is 16.8 Å². The molecule has 3 aromatic heterocycles. The lowest BCUT2D eigenvalue weighted by molar-refractivity contribution is -0.115. The molecular formula is C25H22N6O2S. The number of carbonyl (C=O) groups excluding carboxylic acids is 1. The summed E-state index contributed by atoms with van der Waals surface area (Å²) in [6.07, 6.45) is 1.62. The molecule has 0 spiro atoms. The van der Waals surface area contributed by atoms with Gasteiger partial charge in [-0.15, -0.1) is 11.7 Å². The first kappa shape index (κ1) is 21.7. The Kier molecular flexibility index (Phi) is 5.54. The van der Waals surface area contributed by atoms with E-state index in [0.717, 1.165) is 21.3 Å². The van der Waals surface area contributed by atoms with Crippen LogP contribution < -0.4 is 10.9 Å². The number of hydrogen-bond acceptors (Lipinski definition) is 6. The van der Waals surface area contributed by atoms with E-state index in [1.165, 1.54) is 15.9 Å². The van der Waals surface area contributed by atoms with Crippen LogP contribution in [0.15, 0.2) is 66.0 Å². The van der Waals surface area contributed by atoms with Crippen LogP contribution in [0, 0.1) is 13.8 Å². The van der Waals surface area contributed by atoms with Crippen LogP contribution in [0.3, 0.4) is 0 Å². The third-order valence-corrected chi connectivity index (χ3v) is 6.57. The number of fused-ring (bicyclic) bond motifs is 2. The number of aryl methyl sites for hydroxylation is 1. The molecule has 9 heteroatoms. The molecule has 0 aliphatic carbocycles. The number of carbonyl (C=O) groups is 1. The SMILES string of the molecule is C=CCn1c(C)c(CC(=O)Nc2nc3ccccc3s2)c(=O)n2nc(-c3ccc(C)cc3)nc12. The van der Waals surface area contributed by atoms with E-state index in [9.17, 15) is 9.59 Å². The highest BCUT2D eigenvalue weighted by molar-refractivity contribution is 7.22. The third-order valence-electron chi connectivity index (χ3n) is 5.62. The Balaban J connectivity index is 1.53. The van der Waals surface area contributed by atoms with Gasteiger partial charge in [0.05, 0.1) is 16.6 Å². The van der Waals surface area contributed by atoms with E-state index < -0.39 is 0 Å². The number of nitrogens with zero attached hydrogens (tertiary/aromatic N) is 5. The van der Waals surface area contributed by atoms with Crippen molar-refractivity contribution in [3.63, 3.8) is 0 Å². The minimum Gasteiger partial charge on any atom is -0.310 e. The molecule has 0 saturated carbocycles. The molecule has 1 amide bonds. The highest BCUT2D eigenvalue weighted by Gasteiger charge is 2.20. The van der Waals surface area contributed by atoms with E-state index in [2.05, 4.69) is 27.0 Å². The van der Waals surface area contributed by atoms with Crippen LogP contribution in [0.5, 0.6) is 0 Å². The molecule has 5 rings (SSSR count). The zero-order chi connectivity index (χ0) is 23.8. The number of amides is 1. The van der Waals surface area contributed by atoms with Crippen molar-refractivity contribution in [3.8, 4) is 11.4 Å². The largest absolute Gasteiger partial charge is 0.310 e. The molecule has 0 bridgehead atoms. The maximum absolute atomic E-state index is 13.4. The van der Waals surface area contributed by atoms with E-state index in [1.54, 1.807) is 6.08 Å². The highest BCUT2D eigenvalue weighted by Crippen LogP contribution is 2.25. The first-order chi connectivity index (χ1) is 16.4. The zero-order valence-electron chi connectivity index (χ0n) is 18.8. The van der Waals surface area contributed by atoms with Gasteiger partial charge in [0.1, 0.15) is 0 Å². The number of hydrogen-bond donors (Lipinski definition) is 1. The zero-order valence-corrected chi connectivity index (χ0v) is 19.6. The van der Waals surface area contributed by atoms with Gasteiger partial charge in [0.15, 0.2) is 11.0 Å². The minimum absolute atomic E-state index is 0.104. The molecule has 34 heavy (non-hydrogen) atoms. The summed E-state index contributed by atoms with van der Waals surface area (Å²) in [5.74, 6) is 0.543. The fraction of sp³-hybridized carbons (Fsp3) is 0.160. The Labute approximate surface area is 199 Å². The Morgan fingerprint density at radius 1 is 1.12 bits per heavy atom. The predicted octanol–water partition coefficient (Wildman–Crippen LogP) is 4.15.